The Morgan fingerprint density at radius 1 is 1.29 bits per heavy atom. The molecule has 3 N–H and O–H groups in total. The molecule has 5 rings (SSSR count). The number of ether oxygens (including phenoxy) is 1. The summed E-state index contributed by atoms with van der Waals surface area (Å²) in [7, 11) is 3.41. The van der Waals surface area contributed by atoms with Crippen molar-refractivity contribution in [1.29, 1.82) is 0 Å². The minimum absolute atomic E-state index is 0.00433. The minimum Gasteiger partial charge on any atom is -0.379 e. The van der Waals surface area contributed by atoms with Gasteiger partial charge in [0.25, 0.3) is 11.5 Å². The van der Waals surface area contributed by atoms with Crippen molar-refractivity contribution >= 4 is 28.9 Å². The van der Waals surface area contributed by atoms with Gasteiger partial charge in [-0.2, -0.15) is 9.61 Å². The molecule has 0 spiro atoms. The first-order valence-electron chi connectivity index (χ1n) is 11.5. The number of carbonyl (C=O) groups is 1. The molecule has 0 radical (unpaired) electrons. The molecule has 2 aliphatic carbocycles. The average Bonchev–Trinajstić information content (AvgIpc) is 3.36. The zero-order chi connectivity index (χ0) is 23.8. The van der Waals surface area contributed by atoms with Crippen molar-refractivity contribution in [2.24, 2.45) is 0 Å². The van der Waals surface area contributed by atoms with E-state index in [-0.39, 0.29) is 23.3 Å². The van der Waals surface area contributed by atoms with Crippen LogP contribution < -0.4 is 21.5 Å². The van der Waals surface area contributed by atoms with Crippen LogP contribution in [0.4, 0.5) is 21.7 Å². The largest absolute Gasteiger partial charge is 0.379 e. The Kier molecular flexibility index (Phi) is 5.94. The molecule has 4 atom stereocenters. The van der Waals surface area contributed by atoms with Gasteiger partial charge in [0.15, 0.2) is 5.65 Å². The number of anilines is 3. The molecule has 10 nitrogen and oxygen atoms in total. The summed E-state index contributed by atoms with van der Waals surface area (Å²) in [5.41, 5.74) is 0.727. The fraction of sp³-hybridized carbons (Fsp3) is 0.478. The van der Waals surface area contributed by atoms with Gasteiger partial charge in [-0.25, -0.2) is 9.37 Å². The van der Waals surface area contributed by atoms with E-state index >= 15 is 0 Å². The highest BCUT2D eigenvalue weighted by molar-refractivity contribution is 6.00. The number of fused-ring (bicyclic) bond motifs is 1. The highest BCUT2D eigenvalue weighted by Gasteiger charge is 2.39. The van der Waals surface area contributed by atoms with Gasteiger partial charge < -0.3 is 25.3 Å². The van der Waals surface area contributed by atoms with E-state index in [4.69, 9.17) is 4.74 Å². The summed E-state index contributed by atoms with van der Waals surface area (Å²) in [6.07, 6.45) is 6.44. The van der Waals surface area contributed by atoms with Crippen LogP contribution in [-0.4, -0.2) is 57.5 Å². The van der Waals surface area contributed by atoms with E-state index in [9.17, 15) is 14.0 Å². The average molecular weight is 470 g/mol. The van der Waals surface area contributed by atoms with Gasteiger partial charge in [-0.1, -0.05) is 12.8 Å². The Bertz CT molecular complexity index is 1270. The molecular weight excluding hydrogens is 441 g/mol. The van der Waals surface area contributed by atoms with E-state index < -0.39 is 18.1 Å². The number of hydrogen-bond acceptors (Lipinski definition) is 7. The lowest BCUT2D eigenvalue weighted by molar-refractivity contribution is 0.0278. The predicted octanol–water partition coefficient (Wildman–Crippen LogP) is 2.65. The molecular formula is C23H28FN7O3. The lowest BCUT2D eigenvalue weighted by Gasteiger charge is -2.32. The van der Waals surface area contributed by atoms with Crippen LogP contribution in [0.25, 0.3) is 5.65 Å². The summed E-state index contributed by atoms with van der Waals surface area (Å²) >= 11 is 0. The molecule has 11 heteroatoms. The van der Waals surface area contributed by atoms with Gasteiger partial charge >= 0.3 is 0 Å². The van der Waals surface area contributed by atoms with E-state index in [2.05, 4.69) is 26.0 Å². The number of hydrogen-bond donors (Lipinski definition) is 3. The molecule has 0 saturated heterocycles. The third-order valence-electron chi connectivity index (χ3n) is 6.57. The number of rotatable bonds is 7. The summed E-state index contributed by atoms with van der Waals surface area (Å²) in [5.74, 6) is 0.518. The van der Waals surface area contributed by atoms with Gasteiger partial charge in [-0.3, -0.25) is 9.59 Å². The summed E-state index contributed by atoms with van der Waals surface area (Å²) in [6.45, 7) is 0. The fourth-order valence-corrected chi connectivity index (χ4v) is 4.60. The van der Waals surface area contributed by atoms with Gasteiger partial charge in [0.1, 0.15) is 29.1 Å². The maximum absolute atomic E-state index is 13.3. The number of carbonyl (C=O) groups excluding carboxylic acids is 1. The third-order valence-corrected chi connectivity index (χ3v) is 6.57. The van der Waals surface area contributed by atoms with E-state index in [0.29, 0.717) is 29.4 Å². The zero-order valence-corrected chi connectivity index (χ0v) is 19.1. The van der Waals surface area contributed by atoms with Gasteiger partial charge in [0.05, 0.1) is 24.4 Å². The Labute approximate surface area is 195 Å². The van der Waals surface area contributed by atoms with Crippen molar-refractivity contribution in [3.63, 3.8) is 0 Å². The molecule has 2 saturated carbocycles. The second kappa shape index (κ2) is 9.05. The molecule has 0 bridgehead atoms. The smallest absolute Gasteiger partial charge is 0.274 e. The molecule has 34 heavy (non-hydrogen) atoms. The SMILES string of the molecule is CNc1cc(Nc2cccn([C@H]3CCCC[C@H]3OC)c2=O)nc2c(C(=O)N[C@@H]3C[C@@H]3F)cnn12. The zero-order valence-electron chi connectivity index (χ0n) is 19.1. The first-order valence-corrected chi connectivity index (χ1v) is 11.5. The second-order valence-corrected chi connectivity index (χ2v) is 8.79. The summed E-state index contributed by atoms with van der Waals surface area (Å²) < 4.78 is 22.1. The second-order valence-electron chi connectivity index (χ2n) is 8.79. The number of methoxy groups -OCH3 is 1. The Hall–Kier alpha value is -3.47. The Morgan fingerprint density at radius 3 is 2.82 bits per heavy atom. The molecule has 180 valence electrons. The van der Waals surface area contributed by atoms with Crippen molar-refractivity contribution in [2.75, 3.05) is 24.8 Å². The Morgan fingerprint density at radius 2 is 2.09 bits per heavy atom. The number of amides is 1. The molecule has 2 aliphatic rings. The molecule has 3 aromatic heterocycles. The number of halogens is 1. The van der Waals surface area contributed by atoms with Crippen molar-refractivity contribution in [1.82, 2.24) is 24.5 Å². The molecule has 3 heterocycles. The maximum Gasteiger partial charge on any atom is 0.274 e. The van der Waals surface area contributed by atoms with E-state index in [1.54, 1.807) is 37.1 Å². The topological polar surface area (TPSA) is 115 Å². The van der Waals surface area contributed by atoms with Crippen molar-refractivity contribution < 1.29 is 13.9 Å². The van der Waals surface area contributed by atoms with Gasteiger partial charge in [0, 0.05) is 32.8 Å². The predicted molar refractivity (Wildman–Crippen MR) is 126 cm³/mol. The first kappa shape index (κ1) is 22.3. The third kappa shape index (κ3) is 4.11. The quantitative estimate of drug-likeness (QED) is 0.487. The van der Waals surface area contributed by atoms with Crippen LogP contribution in [0.2, 0.25) is 0 Å². The van der Waals surface area contributed by atoms with E-state index in [1.165, 1.54) is 10.7 Å². The number of nitrogens with one attached hydrogen (secondary N) is 3. The lowest BCUT2D eigenvalue weighted by Crippen LogP contribution is -2.36. The van der Waals surface area contributed by atoms with Gasteiger partial charge in [-0.15, -0.1) is 0 Å². The molecule has 0 unspecified atom stereocenters. The minimum atomic E-state index is -1.01. The first-order chi connectivity index (χ1) is 16.5. The van der Waals surface area contributed by atoms with Crippen LogP contribution in [0.15, 0.2) is 35.4 Å². The normalized spacial score (nSPS) is 24.1. The van der Waals surface area contributed by atoms with E-state index in [0.717, 1.165) is 25.7 Å². The van der Waals surface area contributed by atoms with Crippen LogP contribution in [0.5, 0.6) is 0 Å². The summed E-state index contributed by atoms with van der Waals surface area (Å²) in [4.78, 5) is 30.5. The van der Waals surface area contributed by atoms with Crippen molar-refractivity contribution in [3.05, 3.63) is 46.5 Å². The van der Waals surface area contributed by atoms with Crippen LogP contribution in [0.3, 0.4) is 0 Å². The molecule has 0 aliphatic heterocycles. The highest BCUT2D eigenvalue weighted by Crippen LogP contribution is 2.30. The van der Waals surface area contributed by atoms with Crippen molar-refractivity contribution in [3.8, 4) is 0 Å². The molecule has 3 aromatic rings. The number of alkyl halides is 1. The molecule has 1 amide bonds. The van der Waals surface area contributed by atoms with Crippen LogP contribution in [0.1, 0.15) is 48.5 Å². The highest BCUT2D eigenvalue weighted by atomic mass is 19.1. The molecule has 2 fully saturated rings. The number of aromatic nitrogens is 4. The lowest BCUT2D eigenvalue weighted by atomic mass is 9.92. The fourth-order valence-electron chi connectivity index (χ4n) is 4.60. The van der Waals surface area contributed by atoms with Gasteiger partial charge in [0.2, 0.25) is 0 Å². The number of pyridine rings is 1. The number of nitrogens with zero attached hydrogens (tertiary/aromatic N) is 4. The van der Waals surface area contributed by atoms with Crippen molar-refractivity contribution in [2.45, 2.75) is 56.5 Å². The Balaban J connectivity index is 1.47. The standard InChI is InChI=1S/C23H28FN7O3/c1-25-20-11-19(29-21-13(12-26-31(20)21)22(32)28-16-10-14(16)24)27-15-6-5-9-30(23(15)33)17-7-3-4-8-18(17)34-2/h5-6,9,11-12,14,16-18,25H,3-4,7-8,10H2,1-2H3,(H,27,29)(H,28,32)/t14-,16+,17-,18+/m0/s1. The summed E-state index contributed by atoms with van der Waals surface area (Å²) in [6, 6.07) is 4.74. The maximum atomic E-state index is 13.3. The van der Waals surface area contributed by atoms with E-state index in [1.807, 2.05) is 6.07 Å². The van der Waals surface area contributed by atoms with Gasteiger partial charge in [-0.05, 0) is 25.0 Å². The molecule has 0 aromatic carbocycles. The van der Waals surface area contributed by atoms with Crippen LogP contribution in [-0.2, 0) is 4.74 Å². The summed E-state index contributed by atoms with van der Waals surface area (Å²) in [5, 5.41) is 13.0. The van der Waals surface area contributed by atoms with Crippen LogP contribution in [0, 0.1) is 0 Å². The monoisotopic (exact) mass is 469 g/mol. The van der Waals surface area contributed by atoms with Crippen LogP contribution >= 0.6 is 0 Å².